The van der Waals surface area contributed by atoms with Crippen molar-refractivity contribution in [2.75, 3.05) is 12.3 Å². The Balaban J connectivity index is 2.85. The molecule has 1 atom stereocenters. The summed E-state index contributed by atoms with van der Waals surface area (Å²) in [5.74, 6) is -0.0252. The third kappa shape index (κ3) is 4.46. The normalized spacial score (nSPS) is 13.1. The van der Waals surface area contributed by atoms with Crippen LogP contribution in [0.2, 0.25) is 0 Å². The number of benzene rings is 1. The fraction of sp³-hybridized carbons (Fsp3) is 0.462. The van der Waals surface area contributed by atoms with E-state index in [4.69, 9.17) is 15.9 Å². The first-order valence-electron chi connectivity index (χ1n) is 5.89. The van der Waals surface area contributed by atoms with E-state index in [9.17, 15) is 13.2 Å². The highest BCUT2D eigenvalue weighted by molar-refractivity contribution is 5.81. The van der Waals surface area contributed by atoms with Crippen LogP contribution < -0.4 is 10.5 Å². The lowest BCUT2D eigenvalue weighted by Crippen LogP contribution is -2.18. The van der Waals surface area contributed by atoms with E-state index in [0.717, 1.165) is 12.1 Å². The Bertz CT molecular complexity index is 458. The van der Waals surface area contributed by atoms with Gasteiger partial charge in [0, 0.05) is 23.4 Å². The Hall–Kier alpha value is -1.72. The van der Waals surface area contributed by atoms with Gasteiger partial charge in [-0.2, -0.15) is 13.2 Å². The van der Waals surface area contributed by atoms with Gasteiger partial charge in [0.15, 0.2) is 0 Å². The molecule has 0 aliphatic carbocycles. The fourth-order valence-corrected chi connectivity index (χ4v) is 1.61. The van der Waals surface area contributed by atoms with Crippen molar-refractivity contribution < 1.29 is 17.9 Å². The van der Waals surface area contributed by atoms with E-state index in [-0.39, 0.29) is 24.0 Å². The number of nitrogens with two attached hydrogens (primary N) is 1. The standard InChI is InChI=1S/C13H17F3N2O/c1-3-9(8(2)17)7-19-12-5-10(13(14,15)16)4-11(18)6-12/h4-6,9,17H,3,7,18H2,1-2H3/t9-/m0/s1. The Morgan fingerprint density at radius 3 is 2.47 bits per heavy atom. The van der Waals surface area contributed by atoms with Crippen LogP contribution in [0.1, 0.15) is 25.8 Å². The highest BCUT2D eigenvalue weighted by atomic mass is 19.4. The molecular formula is C13H17F3N2O. The average molecular weight is 274 g/mol. The molecular weight excluding hydrogens is 257 g/mol. The summed E-state index contributed by atoms with van der Waals surface area (Å²) in [6, 6.07) is 3.13. The Kier molecular flexibility index (Phi) is 4.80. The van der Waals surface area contributed by atoms with Crippen LogP contribution in [-0.2, 0) is 6.18 Å². The Labute approximate surface area is 110 Å². The Morgan fingerprint density at radius 2 is 2.00 bits per heavy atom. The van der Waals surface area contributed by atoms with Crippen LogP contribution in [0, 0.1) is 11.3 Å². The van der Waals surface area contributed by atoms with Gasteiger partial charge in [0.05, 0.1) is 12.2 Å². The molecule has 0 amide bonds. The maximum absolute atomic E-state index is 12.6. The number of alkyl halides is 3. The second-order valence-electron chi connectivity index (χ2n) is 4.39. The van der Waals surface area contributed by atoms with Gasteiger partial charge in [0.25, 0.3) is 0 Å². The zero-order chi connectivity index (χ0) is 14.6. The number of hydrogen-bond acceptors (Lipinski definition) is 3. The number of anilines is 1. The van der Waals surface area contributed by atoms with Crippen molar-refractivity contribution in [3.8, 4) is 5.75 Å². The molecule has 0 spiro atoms. The molecule has 0 aliphatic rings. The zero-order valence-corrected chi connectivity index (χ0v) is 10.8. The number of halogens is 3. The van der Waals surface area contributed by atoms with Gasteiger partial charge >= 0.3 is 6.18 Å². The molecule has 0 unspecified atom stereocenters. The monoisotopic (exact) mass is 274 g/mol. The first-order chi connectivity index (χ1) is 8.74. The summed E-state index contributed by atoms with van der Waals surface area (Å²) >= 11 is 0. The van der Waals surface area contributed by atoms with Crippen molar-refractivity contribution in [3.05, 3.63) is 23.8 Å². The molecule has 0 fully saturated rings. The number of nitrogens with one attached hydrogen (secondary N) is 1. The smallest absolute Gasteiger partial charge is 0.416 e. The zero-order valence-electron chi connectivity index (χ0n) is 10.8. The number of nitrogen functional groups attached to an aromatic ring is 1. The molecule has 0 heterocycles. The van der Waals surface area contributed by atoms with Gasteiger partial charge in [0.2, 0.25) is 0 Å². The van der Waals surface area contributed by atoms with Gasteiger partial charge < -0.3 is 15.9 Å². The quantitative estimate of drug-likeness (QED) is 0.635. The largest absolute Gasteiger partial charge is 0.493 e. The SMILES string of the molecule is CC[C@@H](COc1cc(N)cc(C(F)(F)F)c1)C(C)=N. The van der Waals surface area contributed by atoms with Crippen LogP contribution in [0.15, 0.2) is 18.2 Å². The third-order valence-corrected chi connectivity index (χ3v) is 2.81. The molecule has 106 valence electrons. The topological polar surface area (TPSA) is 59.1 Å². The van der Waals surface area contributed by atoms with Crippen LogP contribution in [-0.4, -0.2) is 12.3 Å². The lowest BCUT2D eigenvalue weighted by atomic mass is 10.0. The Morgan fingerprint density at radius 1 is 1.37 bits per heavy atom. The first kappa shape index (κ1) is 15.3. The van der Waals surface area contributed by atoms with Crippen LogP contribution in [0.4, 0.5) is 18.9 Å². The first-order valence-corrected chi connectivity index (χ1v) is 5.89. The number of ether oxygens (including phenoxy) is 1. The van der Waals surface area contributed by atoms with Crippen molar-refractivity contribution in [2.45, 2.75) is 26.4 Å². The van der Waals surface area contributed by atoms with Crippen molar-refractivity contribution >= 4 is 11.4 Å². The van der Waals surface area contributed by atoms with Crippen LogP contribution in [0.3, 0.4) is 0 Å². The van der Waals surface area contributed by atoms with E-state index in [0.29, 0.717) is 12.1 Å². The molecule has 1 aromatic carbocycles. The minimum Gasteiger partial charge on any atom is -0.493 e. The van der Waals surface area contributed by atoms with E-state index < -0.39 is 11.7 Å². The average Bonchev–Trinajstić information content (AvgIpc) is 2.27. The predicted molar refractivity (Wildman–Crippen MR) is 68.5 cm³/mol. The minimum absolute atomic E-state index is 0.00412. The summed E-state index contributed by atoms with van der Waals surface area (Å²) in [5, 5.41) is 7.52. The molecule has 0 saturated carbocycles. The highest BCUT2D eigenvalue weighted by Gasteiger charge is 2.31. The summed E-state index contributed by atoms with van der Waals surface area (Å²) in [6.07, 6.45) is -3.75. The van der Waals surface area contributed by atoms with Gasteiger partial charge in [-0.15, -0.1) is 0 Å². The summed E-state index contributed by atoms with van der Waals surface area (Å²) in [5.41, 5.74) is 5.05. The van der Waals surface area contributed by atoms with Crippen LogP contribution >= 0.6 is 0 Å². The maximum Gasteiger partial charge on any atom is 0.416 e. The molecule has 0 bridgehead atoms. The van der Waals surface area contributed by atoms with E-state index in [1.54, 1.807) is 6.92 Å². The van der Waals surface area contributed by atoms with Crippen LogP contribution in [0.5, 0.6) is 5.75 Å². The van der Waals surface area contributed by atoms with Crippen LogP contribution in [0.25, 0.3) is 0 Å². The molecule has 3 N–H and O–H groups in total. The lowest BCUT2D eigenvalue weighted by molar-refractivity contribution is -0.137. The van der Waals surface area contributed by atoms with E-state index in [2.05, 4.69) is 0 Å². The van der Waals surface area contributed by atoms with Gasteiger partial charge in [-0.05, 0) is 25.5 Å². The molecule has 1 rings (SSSR count). The predicted octanol–water partition coefficient (Wildman–Crippen LogP) is 3.73. The molecule has 0 radical (unpaired) electrons. The molecule has 0 aromatic heterocycles. The second kappa shape index (κ2) is 5.95. The number of hydrogen-bond donors (Lipinski definition) is 2. The third-order valence-electron chi connectivity index (χ3n) is 2.81. The molecule has 0 aliphatic heterocycles. The van der Waals surface area contributed by atoms with E-state index in [1.807, 2.05) is 6.92 Å². The van der Waals surface area contributed by atoms with E-state index >= 15 is 0 Å². The maximum atomic E-state index is 12.6. The van der Waals surface area contributed by atoms with Gasteiger partial charge in [-0.1, -0.05) is 6.92 Å². The number of rotatable bonds is 5. The minimum atomic E-state index is -4.45. The summed E-state index contributed by atoms with van der Waals surface area (Å²) in [4.78, 5) is 0. The van der Waals surface area contributed by atoms with Crippen molar-refractivity contribution in [1.82, 2.24) is 0 Å². The van der Waals surface area contributed by atoms with Crippen molar-refractivity contribution in [2.24, 2.45) is 5.92 Å². The summed E-state index contributed by atoms with van der Waals surface area (Å²) in [7, 11) is 0. The summed E-state index contributed by atoms with van der Waals surface area (Å²) in [6.45, 7) is 3.72. The summed E-state index contributed by atoms with van der Waals surface area (Å²) < 4.78 is 43.1. The second-order valence-corrected chi connectivity index (χ2v) is 4.39. The molecule has 1 aromatic rings. The molecule has 6 heteroatoms. The van der Waals surface area contributed by atoms with E-state index in [1.165, 1.54) is 6.07 Å². The molecule has 19 heavy (non-hydrogen) atoms. The highest BCUT2D eigenvalue weighted by Crippen LogP contribution is 2.33. The van der Waals surface area contributed by atoms with Gasteiger partial charge in [0.1, 0.15) is 5.75 Å². The van der Waals surface area contributed by atoms with Crippen molar-refractivity contribution in [3.63, 3.8) is 0 Å². The van der Waals surface area contributed by atoms with Gasteiger partial charge in [-0.3, -0.25) is 0 Å². The lowest BCUT2D eigenvalue weighted by Gasteiger charge is -2.16. The molecule has 3 nitrogen and oxygen atoms in total. The van der Waals surface area contributed by atoms with Gasteiger partial charge in [-0.25, -0.2) is 0 Å². The fourth-order valence-electron chi connectivity index (χ4n) is 1.61. The van der Waals surface area contributed by atoms with Crippen molar-refractivity contribution in [1.29, 1.82) is 5.41 Å². The molecule has 0 saturated heterocycles.